The third kappa shape index (κ3) is 4.66. The summed E-state index contributed by atoms with van der Waals surface area (Å²) in [5.41, 5.74) is 0.209. The molecule has 1 aromatic rings. The molecule has 0 aliphatic rings. The van der Waals surface area contributed by atoms with Gasteiger partial charge < -0.3 is 9.88 Å². The molecule has 6 nitrogen and oxygen atoms in total. The number of aromatic nitrogens is 1. The molecule has 0 fully saturated rings. The highest BCUT2D eigenvalue weighted by atomic mass is 79.9. The minimum absolute atomic E-state index is 0.0785. The number of halogens is 1. The maximum absolute atomic E-state index is 11.9. The molecule has 106 valence electrons. The summed E-state index contributed by atoms with van der Waals surface area (Å²) in [4.78, 5) is 22.2. The number of amides is 1. The van der Waals surface area contributed by atoms with Crippen LogP contribution in [0.25, 0.3) is 0 Å². The lowest BCUT2D eigenvalue weighted by Gasteiger charge is -2.13. The van der Waals surface area contributed by atoms with Gasteiger partial charge in [0.15, 0.2) is 0 Å². The molecule has 0 radical (unpaired) electrons. The van der Waals surface area contributed by atoms with Crippen LogP contribution in [0.1, 0.15) is 30.8 Å². The molecule has 0 saturated heterocycles. The number of nitro groups is 1. The number of rotatable bonds is 6. The van der Waals surface area contributed by atoms with Crippen LogP contribution in [0.5, 0.6) is 0 Å². The second-order valence-electron chi connectivity index (χ2n) is 4.89. The lowest BCUT2D eigenvalue weighted by molar-refractivity contribution is -0.384. The van der Waals surface area contributed by atoms with Crippen molar-refractivity contribution >= 4 is 27.5 Å². The number of hydrogen-bond donors (Lipinski definition) is 1. The summed E-state index contributed by atoms with van der Waals surface area (Å²) < 4.78 is 1.46. The molecule has 1 aromatic heterocycles. The van der Waals surface area contributed by atoms with E-state index in [1.807, 2.05) is 0 Å². The molecule has 1 amide bonds. The van der Waals surface area contributed by atoms with Gasteiger partial charge in [-0.05, 0) is 12.3 Å². The summed E-state index contributed by atoms with van der Waals surface area (Å²) in [6.45, 7) is 4.71. The van der Waals surface area contributed by atoms with Crippen LogP contribution >= 0.6 is 15.9 Å². The van der Waals surface area contributed by atoms with Crippen LogP contribution in [0, 0.1) is 16.0 Å². The van der Waals surface area contributed by atoms with Gasteiger partial charge in [0.1, 0.15) is 5.69 Å². The van der Waals surface area contributed by atoms with Gasteiger partial charge in [0.25, 0.3) is 11.6 Å². The Kier molecular flexibility index (Phi) is 5.53. The summed E-state index contributed by atoms with van der Waals surface area (Å²) >= 11 is 3.50. The third-order valence-electron chi connectivity index (χ3n) is 2.65. The Labute approximate surface area is 120 Å². The predicted octanol–water partition coefficient (Wildman–Crippen LogP) is 2.47. The van der Waals surface area contributed by atoms with E-state index in [1.165, 1.54) is 16.8 Å². The first kappa shape index (κ1) is 15.7. The van der Waals surface area contributed by atoms with Crippen molar-refractivity contribution in [3.8, 4) is 0 Å². The molecule has 0 spiro atoms. The van der Waals surface area contributed by atoms with E-state index in [1.54, 1.807) is 7.05 Å². The van der Waals surface area contributed by atoms with E-state index < -0.39 is 4.92 Å². The Morgan fingerprint density at radius 3 is 2.68 bits per heavy atom. The predicted molar refractivity (Wildman–Crippen MR) is 76.6 cm³/mol. The van der Waals surface area contributed by atoms with Crippen LogP contribution in [0.4, 0.5) is 5.69 Å². The quantitative estimate of drug-likeness (QED) is 0.494. The lowest BCUT2D eigenvalue weighted by Crippen LogP contribution is -2.31. The average Bonchev–Trinajstić information content (AvgIpc) is 2.67. The molecular weight excluding hydrogens is 314 g/mol. The number of nitrogens with zero attached hydrogens (tertiary/aromatic N) is 2. The SMILES string of the molecule is CC(C)CC(Br)CNC(=O)c1cc([N+](=O)[O-])cn1C. The van der Waals surface area contributed by atoms with E-state index in [4.69, 9.17) is 0 Å². The van der Waals surface area contributed by atoms with Crippen LogP contribution in [-0.4, -0.2) is 26.8 Å². The van der Waals surface area contributed by atoms with Crippen molar-refractivity contribution in [2.45, 2.75) is 25.1 Å². The smallest absolute Gasteiger partial charge is 0.287 e. The normalized spacial score (nSPS) is 12.5. The standard InChI is InChI=1S/C12H18BrN3O3/c1-8(2)4-9(13)6-14-12(17)11-5-10(16(18)19)7-15(11)3/h5,7-9H,4,6H2,1-3H3,(H,14,17). The molecular formula is C12H18BrN3O3. The van der Waals surface area contributed by atoms with Crippen LogP contribution in [-0.2, 0) is 7.05 Å². The molecule has 0 saturated carbocycles. The summed E-state index contributed by atoms with van der Waals surface area (Å²) in [5.74, 6) is 0.237. The highest BCUT2D eigenvalue weighted by molar-refractivity contribution is 9.09. The van der Waals surface area contributed by atoms with Gasteiger partial charge in [-0.3, -0.25) is 14.9 Å². The maximum atomic E-state index is 11.9. The second-order valence-corrected chi connectivity index (χ2v) is 6.18. The molecule has 7 heteroatoms. The molecule has 19 heavy (non-hydrogen) atoms. The van der Waals surface area contributed by atoms with Crippen molar-refractivity contribution in [2.75, 3.05) is 6.54 Å². The first-order chi connectivity index (χ1) is 8.81. The van der Waals surface area contributed by atoms with Crippen molar-refractivity contribution in [3.05, 3.63) is 28.1 Å². The van der Waals surface area contributed by atoms with Crippen molar-refractivity contribution in [3.63, 3.8) is 0 Å². The van der Waals surface area contributed by atoms with Crippen molar-refractivity contribution in [2.24, 2.45) is 13.0 Å². The Hall–Kier alpha value is -1.37. The molecule has 1 atom stereocenters. The fourth-order valence-electron chi connectivity index (χ4n) is 1.76. The minimum Gasteiger partial charge on any atom is -0.350 e. The summed E-state index contributed by atoms with van der Waals surface area (Å²) in [6.07, 6.45) is 2.28. The van der Waals surface area contributed by atoms with E-state index >= 15 is 0 Å². The molecule has 1 unspecified atom stereocenters. The monoisotopic (exact) mass is 331 g/mol. The van der Waals surface area contributed by atoms with E-state index in [2.05, 4.69) is 35.1 Å². The number of aryl methyl sites for hydroxylation is 1. The van der Waals surface area contributed by atoms with Crippen LogP contribution in [0.2, 0.25) is 0 Å². The average molecular weight is 332 g/mol. The summed E-state index contributed by atoms with van der Waals surface area (Å²) in [7, 11) is 1.61. The number of alkyl halides is 1. The number of hydrogen-bond acceptors (Lipinski definition) is 3. The molecule has 1 N–H and O–H groups in total. The van der Waals surface area contributed by atoms with E-state index in [0.717, 1.165) is 6.42 Å². The highest BCUT2D eigenvalue weighted by Crippen LogP contribution is 2.16. The van der Waals surface area contributed by atoms with Crippen molar-refractivity contribution in [1.29, 1.82) is 0 Å². The fourth-order valence-corrected chi connectivity index (χ4v) is 2.67. The third-order valence-corrected chi connectivity index (χ3v) is 3.34. The van der Waals surface area contributed by atoms with Crippen molar-refractivity contribution < 1.29 is 9.72 Å². The minimum atomic E-state index is -0.511. The molecule has 1 rings (SSSR count). The second kappa shape index (κ2) is 6.70. The Bertz CT molecular complexity index is 471. The fraction of sp³-hybridized carbons (Fsp3) is 0.583. The van der Waals surface area contributed by atoms with Gasteiger partial charge in [-0.1, -0.05) is 29.8 Å². The van der Waals surface area contributed by atoms with Crippen LogP contribution in [0.15, 0.2) is 12.3 Å². The highest BCUT2D eigenvalue weighted by Gasteiger charge is 2.18. The van der Waals surface area contributed by atoms with E-state index in [-0.39, 0.29) is 22.1 Å². The van der Waals surface area contributed by atoms with Crippen LogP contribution < -0.4 is 5.32 Å². The Morgan fingerprint density at radius 2 is 2.21 bits per heavy atom. The largest absolute Gasteiger partial charge is 0.350 e. The topological polar surface area (TPSA) is 77.2 Å². The van der Waals surface area contributed by atoms with Gasteiger partial charge in [0, 0.05) is 24.5 Å². The van der Waals surface area contributed by atoms with Crippen LogP contribution in [0.3, 0.4) is 0 Å². The molecule has 0 aromatic carbocycles. The Balaban J connectivity index is 2.61. The zero-order chi connectivity index (χ0) is 14.6. The Morgan fingerprint density at radius 1 is 1.58 bits per heavy atom. The zero-order valence-corrected chi connectivity index (χ0v) is 12.8. The summed E-state index contributed by atoms with van der Waals surface area (Å²) in [6, 6.07) is 1.28. The molecule has 1 heterocycles. The van der Waals surface area contributed by atoms with E-state index in [0.29, 0.717) is 12.5 Å². The molecule has 0 aliphatic carbocycles. The lowest BCUT2D eigenvalue weighted by atomic mass is 10.1. The first-order valence-corrected chi connectivity index (χ1v) is 6.95. The summed E-state index contributed by atoms with van der Waals surface area (Å²) in [5, 5.41) is 13.4. The number of carbonyl (C=O) groups excluding carboxylic acids is 1. The molecule has 0 aliphatic heterocycles. The van der Waals surface area contributed by atoms with Crippen molar-refractivity contribution in [1.82, 2.24) is 9.88 Å². The van der Waals surface area contributed by atoms with Gasteiger partial charge in [0.05, 0.1) is 11.1 Å². The van der Waals surface area contributed by atoms with Gasteiger partial charge in [-0.15, -0.1) is 0 Å². The maximum Gasteiger partial charge on any atom is 0.287 e. The number of carbonyl (C=O) groups is 1. The molecule has 0 bridgehead atoms. The van der Waals surface area contributed by atoms with Gasteiger partial charge >= 0.3 is 0 Å². The van der Waals surface area contributed by atoms with Gasteiger partial charge in [0.2, 0.25) is 0 Å². The number of nitrogens with one attached hydrogen (secondary N) is 1. The zero-order valence-electron chi connectivity index (χ0n) is 11.2. The first-order valence-electron chi connectivity index (χ1n) is 6.04. The van der Waals surface area contributed by atoms with E-state index in [9.17, 15) is 14.9 Å². The van der Waals surface area contributed by atoms with Gasteiger partial charge in [-0.25, -0.2) is 0 Å². The van der Waals surface area contributed by atoms with Gasteiger partial charge in [-0.2, -0.15) is 0 Å².